The van der Waals surface area contributed by atoms with Crippen molar-refractivity contribution < 1.29 is 0 Å². The molecule has 1 aliphatic heterocycles. The summed E-state index contributed by atoms with van der Waals surface area (Å²) >= 11 is 1.82. The van der Waals surface area contributed by atoms with Crippen molar-refractivity contribution in [3.05, 3.63) is 233 Å². The molecule has 0 atom stereocenters. The van der Waals surface area contributed by atoms with Gasteiger partial charge in [-0.15, -0.1) is 0 Å². The van der Waals surface area contributed by atoms with Crippen LogP contribution in [0.3, 0.4) is 0 Å². The van der Waals surface area contributed by atoms with Gasteiger partial charge in [-0.3, -0.25) is 10.4 Å². The third-order valence-corrected chi connectivity index (χ3v) is 10.7. The van der Waals surface area contributed by atoms with Gasteiger partial charge in [0.15, 0.2) is 5.84 Å². The molecule has 0 aromatic heterocycles. The highest BCUT2D eigenvalue weighted by Gasteiger charge is 2.17. The average molecular weight is 715 g/mol. The lowest BCUT2D eigenvalue weighted by atomic mass is 9.98. The predicted molar refractivity (Wildman–Crippen MR) is 226 cm³/mol. The van der Waals surface area contributed by atoms with E-state index in [2.05, 4.69) is 72.8 Å². The third-order valence-electron chi connectivity index (χ3n) is 9.49. The SMILES string of the molecule is N=C(N=C(c1ccccc1)c1ccccc1)c1cccc(-c2cccc(/C(N)=C/C(=NCc3ccccc3)c3ccc4c(c3)Sc3ccccc3C4)c2)c1. The molecule has 0 saturated heterocycles. The molecule has 0 radical (unpaired) electrons. The van der Waals surface area contributed by atoms with Crippen LogP contribution in [0, 0.1) is 5.41 Å². The molecule has 0 fully saturated rings. The number of amidine groups is 1. The summed E-state index contributed by atoms with van der Waals surface area (Å²) in [5.74, 6) is 0.195. The van der Waals surface area contributed by atoms with E-state index in [0.29, 0.717) is 12.2 Å². The summed E-state index contributed by atoms with van der Waals surface area (Å²) in [7, 11) is 0. The molecule has 0 spiro atoms. The fourth-order valence-corrected chi connectivity index (χ4v) is 7.74. The van der Waals surface area contributed by atoms with Gasteiger partial charge < -0.3 is 5.73 Å². The Balaban J connectivity index is 1.10. The summed E-state index contributed by atoms with van der Waals surface area (Å²) < 4.78 is 0. The lowest BCUT2D eigenvalue weighted by Gasteiger charge is -2.19. The van der Waals surface area contributed by atoms with E-state index in [-0.39, 0.29) is 5.84 Å². The van der Waals surface area contributed by atoms with Gasteiger partial charge in [0.05, 0.1) is 18.0 Å². The smallest absolute Gasteiger partial charge is 0.152 e. The van der Waals surface area contributed by atoms with Gasteiger partial charge in [0, 0.05) is 37.7 Å². The number of nitrogens with one attached hydrogen (secondary N) is 1. The Morgan fingerprint density at radius 1 is 0.556 bits per heavy atom. The van der Waals surface area contributed by atoms with Crippen molar-refractivity contribution in [1.29, 1.82) is 5.41 Å². The average Bonchev–Trinajstić information content (AvgIpc) is 3.24. The summed E-state index contributed by atoms with van der Waals surface area (Å²) in [5, 5.41) is 9.05. The Morgan fingerprint density at radius 2 is 1.13 bits per heavy atom. The van der Waals surface area contributed by atoms with Gasteiger partial charge in [-0.05, 0) is 70.1 Å². The van der Waals surface area contributed by atoms with Crippen molar-refractivity contribution in [3.8, 4) is 11.1 Å². The van der Waals surface area contributed by atoms with Gasteiger partial charge in [-0.2, -0.15) is 0 Å². The molecule has 1 aliphatic rings. The first-order valence-electron chi connectivity index (χ1n) is 18.0. The molecule has 0 amide bonds. The van der Waals surface area contributed by atoms with Crippen LogP contribution in [0.1, 0.15) is 44.5 Å². The minimum atomic E-state index is 0.195. The number of aliphatic imine (C=N–C) groups is 2. The highest BCUT2D eigenvalue weighted by Crippen LogP contribution is 2.40. The van der Waals surface area contributed by atoms with Crippen LogP contribution < -0.4 is 5.73 Å². The number of hydrogen-bond acceptors (Lipinski definition) is 4. The van der Waals surface area contributed by atoms with Gasteiger partial charge in [-0.1, -0.05) is 169 Å². The number of nitrogens with two attached hydrogens (primary N) is 1. The van der Waals surface area contributed by atoms with E-state index in [9.17, 15) is 0 Å². The first-order chi connectivity index (χ1) is 26.6. The van der Waals surface area contributed by atoms with Crippen molar-refractivity contribution in [2.45, 2.75) is 22.8 Å². The van der Waals surface area contributed by atoms with Crippen LogP contribution >= 0.6 is 11.8 Å². The van der Waals surface area contributed by atoms with Crippen LogP contribution in [-0.2, 0) is 13.0 Å². The van der Waals surface area contributed by atoms with E-state index in [1.54, 1.807) is 0 Å². The fourth-order valence-electron chi connectivity index (χ4n) is 6.63. The van der Waals surface area contributed by atoms with Crippen molar-refractivity contribution in [1.82, 2.24) is 0 Å². The van der Waals surface area contributed by atoms with Gasteiger partial charge in [-0.25, -0.2) is 4.99 Å². The molecular weight excluding hydrogens is 677 g/mol. The molecule has 8 rings (SSSR count). The first kappa shape index (κ1) is 34.5. The van der Waals surface area contributed by atoms with Gasteiger partial charge in [0.2, 0.25) is 0 Å². The molecule has 260 valence electrons. The summed E-state index contributed by atoms with van der Waals surface area (Å²) in [5.41, 5.74) is 19.5. The number of benzene rings is 7. The molecule has 7 aromatic rings. The molecule has 5 heteroatoms. The second kappa shape index (κ2) is 16.0. The number of hydrogen-bond donors (Lipinski definition) is 2. The van der Waals surface area contributed by atoms with Crippen LogP contribution in [0.2, 0.25) is 0 Å². The molecular formula is C49H38N4S. The number of fused-ring (bicyclic) bond motifs is 2. The maximum atomic E-state index is 9.05. The Labute approximate surface area is 321 Å². The minimum Gasteiger partial charge on any atom is -0.398 e. The standard InChI is InChI=1S/C49H38N4S/c50-44(32-45(52-33-34-14-4-1-5-15-34)40-26-27-42-30-41-20-10-11-25-46(41)54-47(42)31-40)39-23-12-21-37(28-39)38-22-13-24-43(29-38)49(51)53-48(35-16-6-2-7-17-35)36-18-8-3-9-19-36/h1-29,31-32,51H,30,33,50H2/b44-32-,51-49?,52-45?. The van der Waals surface area contributed by atoms with Crippen LogP contribution in [-0.4, -0.2) is 17.3 Å². The van der Waals surface area contributed by atoms with E-state index in [4.69, 9.17) is 21.1 Å². The summed E-state index contributed by atoms with van der Waals surface area (Å²) in [4.78, 5) is 12.5. The molecule has 0 unspecified atom stereocenters. The van der Waals surface area contributed by atoms with Gasteiger partial charge in [0.25, 0.3) is 0 Å². The summed E-state index contributed by atoms with van der Waals surface area (Å²) in [6.45, 7) is 0.546. The highest BCUT2D eigenvalue weighted by molar-refractivity contribution is 7.99. The van der Waals surface area contributed by atoms with Crippen molar-refractivity contribution in [3.63, 3.8) is 0 Å². The zero-order valence-corrected chi connectivity index (χ0v) is 30.5. The molecule has 1 heterocycles. The molecule has 3 N–H and O–H groups in total. The van der Waals surface area contributed by atoms with Crippen molar-refractivity contribution in [2.75, 3.05) is 0 Å². The van der Waals surface area contributed by atoms with E-state index in [0.717, 1.165) is 62.4 Å². The summed E-state index contributed by atoms with van der Waals surface area (Å²) in [6.07, 6.45) is 2.93. The number of rotatable bonds is 9. The lowest BCUT2D eigenvalue weighted by molar-refractivity contribution is 1.05. The first-order valence-corrected chi connectivity index (χ1v) is 18.8. The predicted octanol–water partition coefficient (Wildman–Crippen LogP) is 11.3. The van der Waals surface area contributed by atoms with Crippen LogP contribution in [0.25, 0.3) is 16.8 Å². The fraction of sp³-hybridized carbons (Fsp3) is 0.0408. The molecule has 54 heavy (non-hydrogen) atoms. The van der Waals surface area contributed by atoms with Crippen LogP contribution in [0.5, 0.6) is 0 Å². The Bertz CT molecular complexity index is 2500. The van der Waals surface area contributed by atoms with E-state index < -0.39 is 0 Å². The van der Waals surface area contributed by atoms with E-state index in [1.807, 2.05) is 127 Å². The zero-order valence-electron chi connectivity index (χ0n) is 29.7. The maximum Gasteiger partial charge on any atom is 0.152 e. The zero-order chi connectivity index (χ0) is 36.7. The topological polar surface area (TPSA) is 74.6 Å². The van der Waals surface area contributed by atoms with Crippen LogP contribution in [0.4, 0.5) is 0 Å². The number of allylic oxidation sites excluding steroid dienone is 1. The van der Waals surface area contributed by atoms with Crippen molar-refractivity contribution in [2.24, 2.45) is 15.7 Å². The number of nitrogens with zero attached hydrogens (tertiary/aromatic N) is 2. The Kier molecular flexibility index (Phi) is 10.2. The normalized spacial score (nSPS) is 12.4. The second-order valence-corrected chi connectivity index (χ2v) is 14.3. The Hall–Kier alpha value is -6.56. The molecule has 0 aliphatic carbocycles. The molecule has 7 aromatic carbocycles. The lowest BCUT2D eigenvalue weighted by Crippen LogP contribution is -2.08. The monoisotopic (exact) mass is 714 g/mol. The third kappa shape index (κ3) is 7.92. The van der Waals surface area contributed by atoms with Crippen LogP contribution in [0.15, 0.2) is 208 Å². The van der Waals surface area contributed by atoms with Gasteiger partial charge in [0.1, 0.15) is 0 Å². The molecule has 0 saturated carbocycles. The molecule has 4 nitrogen and oxygen atoms in total. The second-order valence-electron chi connectivity index (χ2n) is 13.2. The van der Waals surface area contributed by atoms with E-state index >= 15 is 0 Å². The largest absolute Gasteiger partial charge is 0.398 e. The highest BCUT2D eigenvalue weighted by atomic mass is 32.2. The van der Waals surface area contributed by atoms with Crippen molar-refractivity contribution >= 4 is 34.7 Å². The quantitative estimate of drug-likeness (QED) is 0.115. The summed E-state index contributed by atoms with van der Waals surface area (Å²) in [6, 6.07) is 61.9. The maximum absolute atomic E-state index is 9.05. The van der Waals surface area contributed by atoms with Gasteiger partial charge >= 0.3 is 0 Å². The van der Waals surface area contributed by atoms with E-state index in [1.165, 1.54) is 20.9 Å². The molecule has 0 bridgehead atoms. The minimum absolute atomic E-state index is 0.195. The Morgan fingerprint density at radius 3 is 1.83 bits per heavy atom.